The van der Waals surface area contributed by atoms with Crippen LogP contribution in [0.4, 0.5) is 0 Å². The predicted molar refractivity (Wildman–Crippen MR) is 133 cm³/mol. The Morgan fingerprint density at radius 3 is 2.70 bits per heavy atom. The minimum Gasteiger partial charge on any atom is -0.493 e. The van der Waals surface area contributed by atoms with Gasteiger partial charge in [-0.3, -0.25) is 4.79 Å². The second-order valence-electron chi connectivity index (χ2n) is 8.13. The normalized spacial score (nSPS) is 11.0. The number of carbonyl (C=O) groups is 1. The van der Waals surface area contributed by atoms with Crippen LogP contribution in [0.1, 0.15) is 33.7 Å². The lowest BCUT2D eigenvalue weighted by Crippen LogP contribution is -2.26. The highest BCUT2D eigenvalue weighted by atomic mass is 35.5. The van der Waals surface area contributed by atoms with E-state index in [2.05, 4.69) is 48.0 Å². The number of ether oxygens (including phenoxy) is 1. The van der Waals surface area contributed by atoms with Gasteiger partial charge in [0.2, 0.25) is 0 Å². The molecule has 6 heteroatoms. The zero-order valence-corrected chi connectivity index (χ0v) is 19.7. The van der Waals surface area contributed by atoms with Crippen LogP contribution in [0.25, 0.3) is 11.0 Å². The summed E-state index contributed by atoms with van der Waals surface area (Å²) in [6.45, 7) is 6.03. The fraction of sp³-hybridized carbons (Fsp3) is 0.259. The van der Waals surface area contributed by atoms with Crippen LogP contribution in [0, 0.1) is 13.8 Å². The Balaban J connectivity index is 1.39. The number of nitrogens with zero attached hydrogens (tertiary/aromatic N) is 2. The van der Waals surface area contributed by atoms with Gasteiger partial charge in [-0.1, -0.05) is 48.0 Å². The number of hydrogen-bond donors (Lipinski definition) is 1. The highest BCUT2D eigenvalue weighted by molar-refractivity contribution is 6.33. The standard InChI is InChI=1S/C27H28ClN3O2/c1-19-12-13-20(2)25(18-19)33-17-7-16-31-24-11-6-5-10-23(24)30-26(31)14-15-29-27(32)21-8-3-4-9-22(21)28/h3-6,8-13,18H,7,14-17H2,1-2H3,(H,29,32). The number of halogens is 1. The van der Waals surface area contributed by atoms with E-state index >= 15 is 0 Å². The van der Waals surface area contributed by atoms with Crippen LogP contribution >= 0.6 is 11.6 Å². The first-order chi connectivity index (χ1) is 16.0. The van der Waals surface area contributed by atoms with Crippen LogP contribution < -0.4 is 10.1 Å². The number of nitrogens with one attached hydrogen (secondary N) is 1. The van der Waals surface area contributed by atoms with Crippen molar-refractivity contribution in [3.05, 3.63) is 94.3 Å². The first-order valence-electron chi connectivity index (χ1n) is 11.2. The van der Waals surface area contributed by atoms with Gasteiger partial charge in [-0.2, -0.15) is 0 Å². The number of aryl methyl sites for hydroxylation is 3. The van der Waals surface area contributed by atoms with Gasteiger partial charge < -0.3 is 14.6 Å². The summed E-state index contributed by atoms with van der Waals surface area (Å²) in [5.74, 6) is 1.71. The number of benzene rings is 3. The van der Waals surface area contributed by atoms with Crippen molar-refractivity contribution in [2.45, 2.75) is 33.2 Å². The van der Waals surface area contributed by atoms with Crippen LogP contribution in [0.15, 0.2) is 66.7 Å². The summed E-state index contributed by atoms with van der Waals surface area (Å²) in [4.78, 5) is 17.3. The summed E-state index contributed by atoms with van der Waals surface area (Å²) in [5, 5.41) is 3.41. The lowest BCUT2D eigenvalue weighted by Gasteiger charge is -2.12. The molecule has 0 aliphatic carbocycles. The lowest BCUT2D eigenvalue weighted by molar-refractivity contribution is 0.0954. The van der Waals surface area contributed by atoms with Crippen molar-refractivity contribution in [1.29, 1.82) is 0 Å². The first kappa shape index (κ1) is 22.9. The predicted octanol–water partition coefficient (Wildman–Crippen LogP) is 5.75. The summed E-state index contributed by atoms with van der Waals surface area (Å²) in [6, 6.07) is 21.4. The molecule has 0 aliphatic heterocycles. The fourth-order valence-electron chi connectivity index (χ4n) is 3.86. The molecule has 0 saturated heterocycles. The van der Waals surface area contributed by atoms with Gasteiger partial charge in [-0.25, -0.2) is 4.98 Å². The minimum absolute atomic E-state index is 0.176. The summed E-state index contributed by atoms with van der Waals surface area (Å²) in [6.07, 6.45) is 1.48. The molecule has 0 radical (unpaired) electrons. The van der Waals surface area contributed by atoms with Crippen LogP contribution in [-0.4, -0.2) is 28.6 Å². The molecule has 0 saturated carbocycles. The minimum atomic E-state index is -0.176. The number of imidazole rings is 1. The highest BCUT2D eigenvalue weighted by Crippen LogP contribution is 2.21. The maximum atomic E-state index is 12.5. The average molecular weight is 462 g/mol. The molecule has 33 heavy (non-hydrogen) atoms. The van der Waals surface area contributed by atoms with Gasteiger partial charge in [0.05, 0.1) is 28.2 Å². The number of para-hydroxylation sites is 2. The van der Waals surface area contributed by atoms with Gasteiger partial charge in [-0.05, 0) is 61.7 Å². The Morgan fingerprint density at radius 1 is 1.06 bits per heavy atom. The monoisotopic (exact) mass is 461 g/mol. The summed E-state index contributed by atoms with van der Waals surface area (Å²) in [7, 11) is 0. The molecule has 0 unspecified atom stereocenters. The van der Waals surface area contributed by atoms with E-state index in [0.29, 0.717) is 30.2 Å². The lowest BCUT2D eigenvalue weighted by atomic mass is 10.1. The zero-order chi connectivity index (χ0) is 23.2. The third kappa shape index (κ3) is 5.55. The second kappa shape index (κ2) is 10.5. The van der Waals surface area contributed by atoms with Crippen LogP contribution in [-0.2, 0) is 13.0 Å². The Hall–Kier alpha value is -3.31. The van der Waals surface area contributed by atoms with E-state index in [-0.39, 0.29) is 5.91 Å². The molecule has 170 valence electrons. The molecule has 4 aromatic rings. The molecule has 0 fully saturated rings. The van der Waals surface area contributed by atoms with Crippen molar-refractivity contribution in [2.24, 2.45) is 0 Å². The maximum Gasteiger partial charge on any atom is 0.252 e. The van der Waals surface area contributed by atoms with Crippen molar-refractivity contribution in [2.75, 3.05) is 13.2 Å². The molecule has 4 rings (SSSR count). The Morgan fingerprint density at radius 2 is 1.85 bits per heavy atom. The van der Waals surface area contributed by atoms with E-state index in [0.717, 1.165) is 41.1 Å². The van der Waals surface area contributed by atoms with Gasteiger partial charge in [0.1, 0.15) is 11.6 Å². The molecule has 3 aromatic carbocycles. The van der Waals surface area contributed by atoms with Crippen molar-refractivity contribution in [1.82, 2.24) is 14.9 Å². The molecule has 0 atom stereocenters. The van der Waals surface area contributed by atoms with Gasteiger partial charge in [0.15, 0.2) is 0 Å². The largest absolute Gasteiger partial charge is 0.493 e. The van der Waals surface area contributed by atoms with Crippen LogP contribution in [0.2, 0.25) is 5.02 Å². The molecule has 1 N–H and O–H groups in total. The number of aromatic nitrogens is 2. The molecule has 0 aliphatic rings. The van der Waals surface area contributed by atoms with Crippen LogP contribution in [0.3, 0.4) is 0 Å². The third-order valence-corrected chi connectivity index (χ3v) is 5.94. The average Bonchev–Trinajstić information content (AvgIpc) is 3.16. The van der Waals surface area contributed by atoms with Gasteiger partial charge >= 0.3 is 0 Å². The van der Waals surface area contributed by atoms with E-state index < -0.39 is 0 Å². The quantitative estimate of drug-likeness (QED) is 0.323. The van der Waals surface area contributed by atoms with Gasteiger partial charge in [0.25, 0.3) is 5.91 Å². The molecular formula is C27H28ClN3O2. The number of carbonyl (C=O) groups excluding carboxylic acids is 1. The number of hydrogen-bond acceptors (Lipinski definition) is 3. The fourth-order valence-corrected chi connectivity index (χ4v) is 4.08. The number of rotatable bonds is 9. The topological polar surface area (TPSA) is 56.1 Å². The van der Waals surface area contributed by atoms with Gasteiger partial charge in [-0.15, -0.1) is 0 Å². The molecule has 0 bridgehead atoms. The zero-order valence-electron chi connectivity index (χ0n) is 19.0. The van der Waals surface area contributed by atoms with Crippen molar-refractivity contribution in [3.8, 4) is 5.75 Å². The first-order valence-corrected chi connectivity index (χ1v) is 11.6. The summed E-state index contributed by atoms with van der Waals surface area (Å²) < 4.78 is 8.26. The van der Waals surface area contributed by atoms with Crippen molar-refractivity contribution >= 4 is 28.5 Å². The number of amides is 1. The smallest absolute Gasteiger partial charge is 0.252 e. The van der Waals surface area contributed by atoms with E-state index in [1.807, 2.05) is 24.3 Å². The van der Waals surface area contributed by atoms with E-state index in [4.69, 9.17) is 21.3 Å². The van der Waals surface area contributed by atoms with E-state index in [1.54, 1.807) is 18.2 Å². The summed E-state index contributed by atoms with van der Waals surface area (Å²) >= 11 is 6.14. The molecule has 5 nitrogen and oxygen atoms in total. The molecular weight excluding hydrogens is 434 g/mol. The Bertz CT molecular complexity index is 1270. The van der Waals surface area contributed by atoms with Crippen LogP contribution in [0.5, 0.6) is 5.75 Å². The molecule has 1 heterocycles. The highest BCUT2D eigenvalue weighted by Gasteiger charge is 2.13. The van der Waals surface area contributed by atoms with E-state index in [9.17, 15) is 4.79 Å². The second-order valence-corrected chi connectivity index (χ2v) is 8.53. The third-order valence-electron chi connectivity index (χ3n) is 5.61. The summed E-state index contributed by atoms with van der Waals surface area (Å²) in [5.41, 5.74) is 4.87. The van der Waals surface area contributed by atoms with Gasteiger partial charge in [0, 0.05) is 19.5 Å². The van der Waals surface area contributed by atoms with Crippen molar-refractivity contribution in [3.63, 3.8) is 0 Å². The molecule has 0 spiro atoms. The molecule has 1 aromatic heterocycles. The van der Waals surface area contributed by atoms with Crippen molar-refractivity contribution < 1.29 is 9.53 Å². The Labute approximate surface area is 199 Å². The SMILES string of the molecule is Cc1ccc(C)c(OCCCn2c(CCNC(=O)c3ccccc3Cl)nc3ccccc32)c1. The maximum absolute atomic E-state index is 12.5. The Kier molecular flexibility index (Phi) is 7.30. The number of fused-ring (bicyclic) bond motifs is 1. The van der Waals surface area contributed by atoms with E-state index in [1.165, 1.54) is 5.56 Å². The molecule has 1 amide bonds.